The predicted octanol–water partition coefficient (Wildman–Crippen LogP) is 5.69. The average Bonchev–Trinajstić information content (AvgIpc) is 3.26. The van der Waals surface area contributed by atoms with Crippen molar-refractivity contribution in [3.63, 3.8) is 0 Å². The first-order valence-electron chi connectivity index (χ1n) is 12.2. The highest BCUT2D eigenvalue weighted by Gasteiger charge is 2.57. The molecule has 0 aliphatic heterocycles. The number of esters is 1. The summed E-state index contributed by atoms with van der Waals surface area (Å²) in [6, 6.07) is 7.13. The maximum absolute atomic E-state index is 11.5. The third-order valence-electron chi connectivity index (χ3n) is 6.55. The summed E-state index contributed by atoms with van der Waals surface area (Å²) in [5, 5.41) is 9.85. The number of benzene rings is 1. The van der Waals surface area contributed by atoms with E-state index in [2.05, 4.69) is 18.6 Å². The molecule has 3 rings (SSSR count). The highest BCUT2D eigenvalue weighted by molar-refractivity contribution is 7.90. The molecule has 1 N–H and O–H groups in total. The van der Waals surface area contributed by atoms with Crippen LogP contribution in [-0.4, -0.2) is 39.0 Å². The number of aliphatic hydroxyl groups excluding tert-OH is 1. The van der Waals surface area contributed by atoms with Crippen LogP contribution >= 0.6 is 0 Å². The summed E-state index contributed by atoms with van der Waals surface area (Å²) in [5.74, 6) is 1.12. The van der Waals surface area contributed by atoms with Gasteiger partial charge in [0, 0.05) is 18.6 Å². The van der Waals surface area contributed by atoms with E-state index in [1.165, 1.54) is 64.5 Å². The Hall–Kier alpha value is -1.40. The predicted molar refractivity (Wildman–Crippen MR) is 131 cm³/mol. The molecule has 184 valence electrons. The second-order valence-electron chi connectivity index (χ2n) is 9.10. The molecule has 0 bridgehead atoms. The average molecular weight is 469 g/mol. The van der Waals surface area contributed by atoms with Gasteiger partial charge in [0.1, 0.15) is 0 Å². The summed E-state index contributed by atoms with van der Waals surface area (Å²) in [6.07, 6.45) is 13.0. The van der Waals surface area contributed by atoms with E-state index in [0.29, 0.717) is 17.4 Å². The van der Waals surface area contributed by atoms with Gasteiger partial charge in [-0.15, -0.1) is 0 Å². The minimum Gasteiger partial charge on any atom is -0.466 e. The van der Waals surface area contributed by atoms with Gasteiger partial charge in [-0.25, -0.2) is 8.42 Å². The second kappa shape index (κ2) is 14.0. The largest absolute Gasteiger partial charge is 0.466 e. The van der Waals surface area contributed by atoms with Crippen molar-refractivity contribution in [2.45, 2.75) is 95.8 Å². The van der Waals surface area contributed by atoms with Crippen LogP contribution in [0.3, 0.4) is 0 Å². The SMILES string of the molecule is CCCCCC.CCOC(C)=O.CS(=O)(=O)c1ccc(C2(CO)CC2C2CCCC2)cc1. The minimum absolute atomic E-state index is 0.106. The van der Waals surface area contributed by atoms with Crippen molar-refractivity contribution in [3.8, 4) is 0 Å². The Morgan fingerprint density at radius 1 is 1.06 bits per heavy atom. The molecule has 2 fully saturated rings. The van der Waals surface area contributed by atoms with Crippen molar-refractivity contribution >= 4 is 15.8 Å². The summed E-state index contributed by atoms with van der Waals surface area (Å²) in [6.45, 7) is 8.29. The molecule has 5 nitrogen and oxygen atoms in total. The van der Waals surface area contributed by atoms with E-state index in [1.54, 1.807) is 19.1 Å². The summed E-state index contributed by atoms with van der Waals surface area (Å²) < 4.78 is 27.4. The van der Waals surface area contributed by atoms with Crippen LogP contribution in [-0.2, 0) is 24.8 Å². The number of rotatable bonds is 8. The van der Waals surface area contributed by atoms with Gasteiger partial charge in [-0.1, -0.05) is 77.3 Å². The van der Waals surface area contributed by atoms with Crippen molar-refractivity contribution in [1.82, 2.24) is 0 Å². The maximum Gasteiger partial charge on any atom is 0.302 e. The molecule has 2 atom stereocenters. The number of sulfone groups is 1. The molecular weight excluding hydrogens is 424 g/mol. The molecule has 0 heterocycles. The minimum atomic E-state index is -3.14. The zero-order valence-electron chi connectivity index (χ0n) is 20.7. The number of hydrogen-bond acceptors (Lipinski definition) is 5. The molecule has 6 heteroatoms. The van der Waals surface area contributed by atoms with Gasteiger partial charge in [-0.05, 0) is 42.9 Å². The third kappa shape index (κ3) is 8.86. The van der Waals surface area contributed by atoms with Crippen LogP contribution < -0.4 is 0 Å². The van der Waals surface area contributed by atoms with Crippen molar-refractivity contribution in [2.75, 3.05) is 19.5 Å². The molecule has 2 aliphatic carbocycles. The Balaban J connectivity index is 0.000000355. The van der Waals surface area contributed by atoms with Crippen LogP contribution in [0.2, 0.25) is 0 Å². The first-order chi connectivity index (χ1) is 15.2. The van der Waals surface area contributed by atoms with Gasteiger partial charge in [0.2, 0.25) is 0 Å². The fourth-order valence-electron chi connectivity index (χ4n) is 4.65. The lowest BCUT2D eigenvalue weighted by Crippen LogP contribution is -2.18. The van der Waals surface area contributed by atoms with E-state index >= 15 is 0 Å². The van der Waals surface area contributed by atoms with Crippen LogP contribution in [0.15, 0.2) is 29.2 Å². The lowest BCUT2D eigenvalue weighted by Gasteiger charge is -2.18. The van der Waals surface area contributed by atoms with E-state index in [1.807, 2.05) is 12.1 Å². The van der Waals surface area contributed by atoms with Gasteiger partial charge >= 0.3 is 5.97 Å². The highest BCUT2D eigenvalue weighted by atomic mass is 32.2. The lowest BCUT2D eigenvalue weighted by molar-refractivity contribution is -0.140. The summed E-state index contributed by atoms with van der Waals surface area (Å²) in [4.78, 5) is 10.2. The van der Waals surface area contributed by atoms with Crippen LogP contribution in [0.4, 0.5) is 0 Å². The molecule has 2 unspecified atom stereocenters. The van der Waals surface area contributed by atoms with Gasteiger partial charge in [0.05, 0.1) is 18.1 Å². The normalized spacial score (nSPS) is 22.2. The molecule has 2 aliphatic rings. The zero-order chi connectivity index (χ0) is 24.2. The van der Waals surface area contributed by atoms with Crippen LogP contribution in [0, 0.1) is 11.8 Å². The standard InChI is InChI=1S/C16H22O3S.C6H14.C4H8O2/c1-20(18,19)14-8-6-13(7-9-14)16(11-17)10-15(16)12-4-2-3-5-12;1-3-5-6-4-2;1-3-6-4(2)5/h6-9,12,15,17H,2-5,10-11H2,1H3;3-6H2,1-2H3;3H2,1-2H3. The van der Waals surface area contributed by atoms with Crippen molar-refractivity contribution < 1.29 is 23.1 Å². The smallest absolute Gasteiger partial charge is 0.302 e. The Morgan fingerprint density at radius 3 is 1.94 bits per heavy atom. The Labute approximate surface area is 195 Å². The van der Waals surface area contributed by atoms with E-state index in [-0.39, 0.29) is 18.0 Å². The Morgan fingerprint density at radius 2 is 1.59 bits per heavy atom. The van der Waals surface area contributed by atoms with E-state index in [4.69, 9.17) is 0 Å². The topological polar surface area (TPSA) is 80.7 Å². The zero-order valence-corrected chi connectivity index (χ0v) is 21.5. The number of carbonyl (C=O) groups is 1. The number of aliphatic hydroxyl groups is 1. The fraction of sp³-hybridized carbons (Fsp3) is 0.731. The molecule has 0 amide bonds. The van der Waals surface area contributed by atoms with Crippen LogP contribution in [0.5, 0.6) is 0 Å². The molecule has 32 heavy (non-hydrogen) atoms. The number of ether oxygens (including phenoxy) is 1. The molecule has 0 saturated heterocycles. The summed E-state index contributed by atoms with van der Waals surface area (Å²) in [5.41, 5.74) is 0.995. The Bertz CT molecular complexity index is 762. The number of carbonyl (C=O) groups excluding carboxylic acids is 1. The van der Waals surface area contributed by atoms with Gasteiger partial charge in [-0.3, -0.25) is 4.79 Å². The van der Waals surface area contributed by atoms with E-state index < -0.39 is 9.84 Å². The van der Waals surface area contributed by atoms with Gasteiger partial charge in [0.15, 0.2) is 9.84 Å². The maximum atomic E-state index is 11.5. The van der Waals surface area contributed by atoms with Crippen molar-refractivity contribution in [1.29, 1.82) is 0 Å². The summed E-state index contributed by atoms with van der Waals surface area (Å²) >= 11 is 0. The third-order valence-corrected chi connectivity index (χ3v) is 7.68. The highest BCUT2D eigenvalue weighted by Crippen LogP contribution is 2.60. The number of hydrogen-bond donors (Lipinski definition) is 1. The first kappa shape index (κ1) is 28.6. The van der Waals surface area contributed by atoms with E-state index in [0.717, 1.165) is 17.9 Å². The van der Waals surface area contributed by atoms with E-state index in [9.17, 15) is 18.3 Å². The van der Waals surface area contributed by atoms with Crippen molar-refractivity contribution in [2.24, 2.45) is 11.8 Å². The molecule has 0 aromatic heterocycles. The lowest BCUT2D eigenvalue weighted by atomic mass is 9.88. The molecule has 0 spiro atoms. The Kier molecular flexibility index (Phi) is 12.5. The quantitative estimate of drug-likeness (QED) is 0.392. The summed E-state index contributed by atoms with van der Waals surface area (Å²) in [7, 11) is -3.14. The van der Waals surface area contributed by atoms with Gasteiger partial charge < -0.3 is 9.84 Å². The van der Waals surface area contributed by atoms with Gasteiger partial charge in [-0.2, -0.15) is 0 Å². The molecule has 2 saturated carbocycles. The molecule has 1 aromatic rings. The van der Waals surface area contributed by atoms with Crippen LogP contribution in [0.25, 0.3) is 0 Å². The first-order valence-corrected chi connectivity index (χ1v) is 14.1. The van der Waals surface area contributed by atoms with Crippen LogP contribution in [0.1, 0.15) is 91.0 Å². The second-order valence-corrected chi connectivity index (χ2v) is 11.1. The van der Waals surface area contributed by atoms with Crippen molar-refractivity contribution in [3.05, 3.63) is 29.8 Å². The van der Waals surface area contributed by atoms with Gasteiger partial charge in [0.25, 0.3) is 0 Å². The fourth-order valence-corrected chi connectivity index (χ4v) is 5.28. The molecule has 1 aromatic carbocycles. The molecular formula is C26H44O5S. The molecule has 0 radical (unpaired) electrons. The number of unbranched alkanes of at least 4 members (excludes halogenated alkanes) is 3. The monoisotopic (exact) mass is 468 g/mol.